The van der Waals surface area contributed by atoms with E-state index in [4.69, 9.17) is 38.7 Å². The number of hydrogen-bond donors (Lipinski definition) is 3. The number of likely N-dealkylation sites (tertiary alicyclic amines) is 1. The third-order valence-electron chi connectivity index (χ3n) is 8.50. The third-order valence-corrected chi connectivity index (χ3v) is 11.5. The number of carbonyl (C=O) groups excluding carboxylic acids is 1. The van der Waals surface area contributed by atoms with Crippen molar-refractivity contribution < 1.29 is 18.3 Å². The van der Waals surface area contributed by atoms with Gasteiger partial charge in [0.2, 0.25) is 5.91 Å². The number of anilines is 1. The van der Waals surface area contributed by atoms with Crippen molar-refractivity contribution in [3.63, 3.8) is 0 Å². The van der Waals surface area contributed by atoms with Crippen LogP contribution in [0.4, 0.5) is 5.82 Å². The number of pyridine rings is 2. The maximum absolute atomic E-state index is 13.4. The van der Waals surface area contributed by atoms with Crippen molar-refractivity contribution in [1.29, 1.82) is 0 Å². The molecule has 2 atom stereocenters. The number of nitrogens with one attached hydrogen (secondary N) is 1. The minimum absolute atomic E-state index is 0.0383. The highest BCUT2D eigenvalue weighted by atomic mass is 35.5. The molecule has 0 saturated carbocycles. The van der Waals surface area contributed by atoms with E-state index in [-0.39, 0.29) is 17.7 Å². The number of carbonyl (C=O) groups is 1. The quantitative estimate of drug-likeness (QED) is 0.231. The lowest BCUT2D eigenvalue weighted by Crippen LogP contribution is -2.56. The Bertz CT molecular complexity index is 1700. The van der Waals surface area contributed by atoms with Gasteiger partial charge < -0.3 is 20.3 Å². The first-order valence-electron chi connectivity index (χ1n) is 14.8. The highest BCUT2D eigenvalue weighted by molar-refractivity contribution is 7.96. The van der Waals surface area contributed by atoms with Gasteiger partial charge in [0, 0.05) is 74.1 Å². The number of rotatable bonds is 8. The van der Waals surface area contributed by atoms with E-state index in [0.29, 0.717) is 73.5 Å². The SMILES string of the molecule is C[C@@H](Oc1ccc2[nH]nc(-c3ccc(N4CCN([S+](=O)(O)C5CCN(C(=O)CN)CC5)CC4)nc3)c2c1)c1c(Cl)cncc1Cl. The maximum Gasteiger partial charge on any atom is 0.294 e. The van der Waals surface area contributed by atoms with E-state index >= 15 is 0 Å². The number of nitrogens with zero attached hydrogens (tertiary/aromatic N) is 6. The fourth-order valence-corrected chi connectivity index (χ4v) is 8.61. The van der Waals surface area contributed by atoms with E-state index in [1.54, 1.807) is 27.8 Å². The molecule has 1 aromatic carbocycles. The molecule has 0 aliphatic carbocycles. The average Bonchev–Trinajstić information content (AvgIpc) is 3.48. The van der Waals surface area contributed by atoms with E-state index in [9.17, 15) is 13.6 Å². The predicted molar refractivity (Wildman–Crippen MR) is 176 cm³/mol. The molecule has 6 rings (SSSR count). The Morgan fingerprint density at radius 2 is 1.80 bits per heavy atom. The van der Waals surface area contributed by atoms with Gasteiger partial charge in [-0.2, -0.15) is 9.65 Å². The number of amides is 1. The maximum atomic E-state index is 13.4. The van der Waals surface area contributed by atoms with Gasteiger partial charge in [-0.1, -0.05) is 27.5 Å². The lowest BCUT2D eigenvalue weighted by molar-refractivity contribution is -0.130. The van der Waals surface area contributed by atoms with Crippen molar-refractivity contribution >= 4 is 56.2 Å². The second-order valence-corrected chi connectivity index (χ2v) is 14.3. The molecule has 0 bridgehead atoms. The van der Waals surface area contributed by atoms with Crippen molar-refractivity contribution in [3.05, 3.63) is 64.5 Å². The molecule has 2 aliphatic rings. The molecule has 5 heterocycles. The summed E-state index contributed by atoms with van der Waals surface area (Å²) in [6, 6.07) is 9.62. The summed E-state index contributed by atoms with van der Waals surface area (Å²) in [5, 5.41) is 9.01. The van der Waals surface area contributed by atoms with Gasteiger partial charge in [-0.15, -0.1) is 0 Å². The Balaban J connectivity index is 1.10. The lowest BCUT2D eigenvalue weighted by Gasteiger charge is -2.37. The largest absolute Gasteiger partial charge is 0.486 e. The van der Waals surface area contributed by atoms with Gasteiger partial charge in [0.25, 0.3) is 10.4 Å². The normalized spacial score (nSPS) is 18.6. The second-order valence-electron chi connectivity index (χ2n) is 11.2. The highest BCUT2D eigenvalue weighted by Gasteiger charge is 2.47. The summed E-state index contributed by atoms with van der Waals surface area (Å²) in [6.45, 7) is 4.80. The average molecular weight is 675 g/mol. The molecule has 12 nitrogen and oxygen atoms in total. The zero-order valence-electron chi connectivity index (χ0n) is 24.7. The van der Waals surface area contributed by atoms with Crippen molar-refractivity contribution in [2.45, 2.75) is 31.1 Å². The zero-order chi connectivity index (χ0) is 31.7. The number of nitrogens with two attached hydrogens (primary N) is 1. The molecule has 15 heteroatoms. The number of hydrogen-bond acceptors (Lipinski definition) is 8. The third kappa shape index (κ3) is 6.51. The van der Waals surface area contributed by atoms with Gasteiger partial charge in [-0.05, 0) is 41.5 Å². The predicted octanol–water partition coefficient (Wildman–Crippen LogP) is 4.43. The smallest absolute Gasteiger partial charge is 0.294 e. The molecule has 1 amide bonds. The summed E-state index contributed by atoms with van der Waals surface area (Å²) in [7, 11) is -3.21. The molecule has 4 N–H and O–H groups in total. The number of aromatic nitrogens is 4. The van der Waals surface area contributed by atoms with Gasteiger partial charge in [0.1, 0.15) is 23.4 Å². The van der Waals surface area contributed by atoms with Gasteiger partial charge in [0.05, 0.1) is 35.2 Å². The highest BCUT2D eigenvalue weighted by Crippen LogP contribution is 2.35. The van der Waals surface area contributed by atoms with Crippen molar-refractivity contribution in [2.75, 3.05) is 50.7 Å². The zero-order valence-corrected chi connectivity index (χ0v) is 27.1. The summed E-state index contributed by atoms with van der Waals surface area (Å²) in [5.74, 6) is 1.31. The van der Waals surface area contributed by atoms with E-state index in [1.165, 1.54) is 0 Å². The van der Waals surface area contributed by atoms with Crippen LogP contribution in [0.5, 0.6) is 5.75 Å². The Kier molecular flexibility index (Phi) is 9.27. The van der Waals surface area contributed by atoms with Crippen LogP contribution < -0.4 is 15.4 Å². The first kappa shape index (κ1) is 31.6. The van der Waals surface area contributed by atoms with E-state index < -0.39 is 16.5 Å². The Morgan fingerprint density at radius 1 is 1.09 bits per heavy atom. The molecule has 45 heavy (non-hydrogen) atoms. The van der Waals surface area contributed by atoms with Crippen LogP contribution >= 0.6 is 23.2 Å². The molecule has 238 valence electrons. The van der Waals surface area contributed by atoms with Gasteiger partial charge in [0.15, 0.2) is 5.25 Å². The number of benzene rings is 1. The lowest BCUT2D eigenvalue weighted by atomic mass is 10.1. The molecule has 2 aliphatic heterocycles. The minimum Gasteiger partial charge on any atom is -0.486 e. The number of ether oxygens (including phenoxy) is 1. The molecule has 0 spiro atoms. The number of halogens is 2. The number of piperidine rings is 1. The first-order chi connectivity index (χ1) is 21.7. The first-order valence-corrected chi connectivity index (χ1v) is 17.1. The Hall–Kier alpha value is -3.33. The van der Waals surface area contributed by atoms with Crippen LogP contribution in [0.3, 0.4) is 0 Å². The van der Waals surface area contributed by atoms with E-state index in [0.717, 1.165) is 28.0 Å². The van der Waals surface area contributed by atoms with E-state index in [1.807, 2.05) is 37.3 Å². The number of aromatic amines is 1. The number of fused-ring (bicyclic) bond motifs is 1. The Morgan fingerprint density at radius 3 is 2.44 bits per heavy atom. The topological polar surface area (TPSA) is 154 Å². The minimum atomic E-state index is -3.21. The number of piperazine rings is 1. The van der Waals surface area contributed by atoms with Crippen LogP contribution in [0.25, 0.3) is 22.2 Å². The van der Waals surface area contributed by atoms with Crippen LogP contribution in [-0.2, 0) is 19.4 Å². The fraction of sp³-hybridized carbons (Fsp3) is 0.400. The van der Waals surface area contributed by atoms with Gasteiger partial charge >= 0.3 is 0 Å². The standard InChI is InChI=1S/C30H34Cl2N8O4S/c1-19(29-24(31)17-34-18-25(29)32)44-21-3-4-26-23(14-21)30(37-36-26)20-2-5-27(35-16-20)38-10-12-40(13-11-38)45(42,43)22-6-8-39(9-7-22)28(41)15-33/h2-5,14,16-19,22H,6-13,15,33H2,1H3,(H-,36,37,42,43)/p+1/t19-/m1/s1. The number of H-pyrrole nitrogens is 1. The van der Waals surface area contributed by atoms with Crippen LogP contribution in [0, 0.1) is 0 Å². The van der Waals surface area contributed by atoms with Crippen molar-refractivity contribution in [3.8, 4) is 17.0 Å². The summed E-state index contributed by atoms with van der Waals surface area (Å²) < 4.78 is 32.4. The molecular weight excluding hydrogens is 639 g/mol. The van der Waals surface area contributed by atoms with Crippen LogP contribution in [-0.4, -0.2) is 90.9 Å². The molecule has 2 saturated heterocycles. The molecule has 2 fully saturated rings. The summed E-state index contributed by atoms with van der Waals surface area (Å²) in [4.78, 5) is 24.4. The molecule has 3 aromatic heterocycles. The van der Waals surface area contributed by atoms with Crippen molar-refractivity contribution in [1.82, 2.24) is 29.4 Å². The summed E-state index contributed by atoms with van der Waals surface area (Å²) >= 11 is 12.7. The van der Waals surface area contributed by atoms with E-state index in [2.05, 4.69) is 20.1 Å². The summed E-state index contributed by atoms with van der Waals surface area (Å²) in [5.41, 5.74) is 8.58. The Labute approximate surface area is 272 Å². The van der Waals surface area contributed by atoms with Crippen LogP contribution in [0.1, 0.15) is 31.4 Å². The van der Waals surface area contributed by atoms with Crippen LogP contribution in [0.15, 0.2) is 48.9 Å². The molecular formula is C30H35Cl2N8O4S+. The second kappa shape index (κ2) is 13.2. The molecule has 4 aromatic rings. The fourth-order valence-electron chi connectivity index (χ4n) is 6.00. The van der Waals surface area contributed by atoms with Crippen molar-refractivity contribution in [2.24, 2.45) is 5.73 Å². The molecule has 1 unspecified atom stereocenters. The monoisotopic (exact) mass is 673 g/mol. The van der Waals surface area contributed by atoms with Gasteiger partial charge in [-0.3, -0.25) is 14.9 Å². The summed E-state index contributed by atoms with van der Waals surface area (Å²) in [6.07, 6.45) is 5.46. The van der Waals surface area contributed by atoms with Crippen LogP contribution in [0.2, 0.25) is 10.0 Å². The van der Waals surface area contributed by atoms with Gasteiger partial charge in [-0.25, -0.2) is 4.98 Å². The molecule has 0 radical (unpaired) electrons.